The van der Waals surface area contributed by atoms with E-state index in [9.17, 15) is 10.4 Å². The Hall–Kier alpha value is -1.98. The standard InChI is InChI=1S/C23H33BrN4O2/c1-6-8-22(24)26-17(3)15-19(16-25)23(29)27-21(7-2)18-9-11-20(12-10-18)30-14-13-28(4)5/h6,8-9,11-12,15,18,21,23,27,29H,1,7,10,13-14H2,2-5H3/b19-15+,22-8-,26-17+. The number of likely N-dealkylation sites (N-methyl/N-ethyl adjacent to an activating group) is 1. The van der Waals surface area contributed by atoms with Crippen LogP contribution in [0.5, 0.6) is 0 Å². The SMILES string of the molecule is C=C\C=C(Br)/N=C(C)/C=C(\C#N)C(O)NC(CC)C1C=CC(OCCN(C)C)=CC1. The Morgan fingerprint density at radius 2 is 2.30 bits per heavy atom. The second-order valence-corrected chi connectivity index (χ2v) is 8.10. The smallest absolute Gasteiger partial charge is 0.141 e. The molecular formula is C23H33BrN4O2. The fourth-order valence-corrected chi connectivity index (χ4v) is 3.40. The number of hydrogen-bond donors (Lipinski definition) is 2. The molecule has 0 amide bonds. The summed E-state index contributed by atoms with van der Waals surface area (Å²) in [5.74, 6) is 1.09. The van der Waals surface area contributed by atoms with E-state index in [0.29, 0.717) is 16.9 Å². The van der Waals surface area contributed by atoms with Crippen LogP contribution in [0.2, 0.25) is 0 Å². The molecule has 0 bridgehead atoms. The fraction of sp³-hybridized carbons (Fsp3) is 0.478. The first-order chi connectivity index (χ1) is 14.3. The van der Waals surface area contributed by atoms with Crippen molar-refractivity contribution in [2.75, 3.05) is 27.2 Å². The van der Waals surface area contributed by atoms with Crippen LogP contribution in [0.3, 0.4) is 0 Å². The molecular weight excluding hydrogens is 444 g/mol. The van der Waals surface area contributed by atoms with Gasteiger partial charge in [-0.05, 0) is 80.0 Å². The maximum atomic E-state index is 10.6. The maximum Gasteiger partial charge on any atom is 0.141 e. The second-order valence-electron chi connectivity index (χ2n) is 7.29. The van der Waals surface area contributed by atoms with Gasteiger partial charge in [0.25, 0.3) is 0 Å². The van der Waals surface area contributed by atoms with E-state index in [1.807, 2.05) is 20.2 Å². The van der Waals surface area contributed by atoms with Crippen molar-refractivity contribution < 1.29 is 9.84 Å². The van der Waals surface area contributed by atoms with Gasteiger partial charge in [0.1, 0.15) is 23.2 Å². The number of aliphatic hydroxyl groups excluding tert-OH is 1. The average Bonchev–Trinajstić information content (AvgIpc) is 2.70. The van der Waals surface area contributed by atoms with Crippen LogP contribution in [0.25, 0.3) is 0 Å². The minimum Gasteiger partial charge on any atom is -0.493 e. The van der Waals surface area contributed by atoms with Gasteiger partial charge in [-0.1, -0.05) is 25.7 Å². The third-order valence-electron chi connectivity index (χ3n) is 4.56. The number of rotatable bonds is 12. The van der Waals surface area contributed by atoms with Crippen molar-refractivity contribution in [2.24, 2.45) is 10.9 Å². The molecule has 0 heterocycles. The molecule has 3 atom stereocenters. The number of aliphatic imine (C=N–C) groups is 1. The first kappa shape index (κ1) is 26.1. The monoisotopic (exact) mass is 476 g/mol. The number of nitrogens with zero attached hydrogens (tertiary/aromatic N) is 3. The van der Waals surface area contributed by atoms with Crippen molar-refractivity contribution in [3.8, 4) is 6.07 Å². The molecule has 0 saturated carbocycles. The number of ether oxygens (including phenoxy) is 1. The molecule has 0 radical (unpaired) electrons. The molecule has 0 saturated heterocycles. The van der Waals surface area contributed by atoms with Crippen molar-refractivity contribution in [3.63, 3.8) is 0 Å². The maximum absolute atomic E-state index is 10.6. The van der Waals surface area contributed by atoms with Crippen LogP contribution in [-0.2, 0) is 4.74 Å². The Kier molecular flexibility index (Phi) is 12.2. The van der Waals surface area contributed by atoms with E-state index in [2.05, 4.69) is 62.9 Å². The second kappa shape index (κ2) is 14.1. The molecule has 0 aliphatic heterocycles. The minimum absolute atomic E-state index is 0.0252. The predicted octanol–water partition coefficient (Wildman–Crippen LogP) is 4.04. The van der Waals surface area contributed by atoms with E-state index in [1.54, 1.807) is 25.2 Å². The average molecular weight is 477 g/mol. The van der Waals surface area contributed by atoms with Crippen LogP contribution in [0.1, 0.15) is 26.7 Å². The Morgan fingerprint density at radius 1 is 1.57 bits per heavy atom. The molecule has 3 unspecified atom stereocenters. The van der Waals surface area contributed by atoms with Crippen LogP contribution < -0.4 is 5.32 Å². The highest BCUT2D eigenvalue weighted by Crippen LogP contribution is 2.23. The first-order valence-corrected chi connectivity index (χ1v) is 10.8. The summed E-state index contributed by atoms with van der Waals surface area (Å²) in [5.41, 5.74) is 0.821. The van der Waals surface area contributed by atoms with E-state index < -0.39 is 6.23 Å². The van der Waals surface area contributed by atoms with E-state index in [4.69, 9.17) is 4.74 Å². The van der Waals surface area contributed by atoms with Gasteiger partial charge in [-0.3, -0.25) is 5.32 Å². The molecule has 164 valence electrons. The molecule has 1 aliphatic carbocycles. The van der Waals surface area contributed by atoms with Gasteiger partial charge >= 0.3 is 0 Å². The molecule has 6 nitrogen and oxygen atoms in total. The summed E-state index contributed by atoms with van der Waals surface area (Å²) < 4.78 is 6.37. The van der Waals surface area contributed by atoms with Gasteiger partial charge in [-0.15, -0.1) is 0 Å². The highest BCUT2D eigenvalue weighted by Gasteiger charge is 2.23. The van der Waals surface area contributed by atoms with Crippen LogP contribution in [0.15, 0.2) is 64.0 Å². The third kappa shape index (κ3) is 9.68. The molecule has 1 rings (SSSR count). The summed E-state index contributed by atoms with van der Waals surface area (Å²) in [7, 11) is 4.03. The van der Waals surface area contributed by atoms with Gasteiger partial charge in [0.05, 0.1) is 11.6 Å². The summed E-state index contributed by atoms with van der Waals surface area (Å²) in [6.45, 7) is 8.96. The number of nitriles is 1. The lowest BCUT2D eigenvalue weighted by molar-refractivity contribution is 0.146. The van der Waals surface area contributed by atoms with Gasteiger partial charge in [0.15, 0.2) is 0 Å². The number of aliphatic hydroxyl groups is 1. The predicted molar refractivity (Wildman–Crippen MR) is 127 cm³/mol. The van der Waals surface area contributed by atoms with Crippen molar-refractivity contribution in [3.05, 3.63) is 59.0 Å². The zero-order valence-electron chi connectivity index (χ0n) is 18.3. The van der Waals surface area contributed by atoms with E-state index in [-0.39, 0.29) is 17.5 Å². The van der Waals surface area contributed by atoms with Crippen LogP contribution >= 0.6 is 15.9 Å². The molecule has 7 heteroatoms. The lowest BCUT2D eigenvalue weighted by atomic mass is 9.90. The number of nitrogens with one attached hydrogen (secondary N) is 1. The van der Waals surface area contributed by atoms with Crippen LogP contribution in [-0.4, -0.2) is 55.2 Å². The van der Waals surface area contributed by atoms with Crippen molar-refractivity contribution in [2.45, 2.75) is 39.0 Å². The lowest BCUT2D eigenvalue weighted by Crippen LogP contribution is -2.43. The highest BCUT2D eigenvalue weighted by atomic mass is 79.9. The quantitative estimate of drug-likeness (QED) is 0.146. The fourth-order valence-electron chi connectivity index (χ4n) is 2.94. The zero-order valence-corrected chi connectivity index (χ0v) is 19.9. The lowest BCUT2D eigenvalue weighted by Gasteiger charge is -2.28. The summed E-state index contributed by atoms with van der Waals surface area (Å²) in [6.07, 6.45) is 11.6. The summed E-state index contributed by atoms with van der Waals surface area (Å²) in [5, 5.41) is 23.2. The summed E-state index contributed by atoms with van der Waals surface area (Å²) >= 11 is 3.30. The Labute approximate surface area is 189 Å². The van der Waals surface area contributed by atoms with E-state index in [1.165, 1.54) is 0 Å². The van der Waals surface area contributed by atoms with Crippen molar-refractivity contribution >= 4 is 21.6 Å². The number of halogens is 1. The molecule has 0 aromatic carbocycles. The molecule has 1 aliphatic rings. The number of hydrogen-bond acceptors (Lipinski definition) is 6. The minimum atomic E-state index is -1.07. The van der Waals surface area contributed by atoms with Gasteiger partial charge in [0, 0.05) is 18.3 Å². The zero-order chi connectivity index (χ0) is 22.5. The molecule has 2 N–H and O–H groups in total. The van der Waals surface area contributed by atoms with E-state index in [0.717, 1.165) is 25.1 Å². The summed E-state index contributed by atoms with van der Waals surface area (Å²) in [4.78, 5) is 6.37. The largest absolute Gasteiger partial charge is 0.493 e. The Balaban J connectivity index is 2.73. The van der Waals surface area contributed by atoms with Crippen molar-refractivity contribution in [1.29, 1.82) is 5.26 Å². The number of allylic oxidation sites excluding steroid dienone is 5. The van der Waals surface area contributed by atoms with Gasteiger partial charge < -0.3 is 14.7 Å². The van der Waals surface area contributed by atoms with Crippen LogP contribution in [0.4, 0.5) is 0 Å². The van der Waals surface area contributed by atoms with E-state index >= 15 is 0 Å². The van der Waals surface area contributed by atoms with Gasteiger partial charge in [-0.25, -0.2) is 4.99 Å². The molecule has 0 spiro atoms. The molecule has 0 aromatic rings. The normalized spacial score (nSPS) is 19.9. The van der Waals surface area contributed by atoms with Gasteiger partial charge in [-0.2, -0.15) is 5.26 Å². The van der Waals surface area contributed by atoms with Gasteiger partial charge in [0.2, 0.25) is 0 Å². The Morgan fingerprint density at radius 3 is 2.83 bits per heavy atom. The summed E-state index contributed by atoms with van der Waals surface area (Å²) in [6, 6.07) is 2.09. The molecule has 0 aromatic heterocycles. The molecule has 0 fully saturated rings. The Bertz CT molecular complexity index is 760. The topological polar surface area (TPSA) is 80.9 Å². The first-order valence-electron chi connectivity index (χ1n) is 10.1. The third-order valence-corrected chi connectivity index (χ3v) is 5.00. The molecule has 30 heavy (non-hydrogen) atoms. The highest BCUT2D eigenvalue weighted by molar-refractivity contribution is 9.11. The van der Waals surface area contributed by atoms with Crippen LogP contribution in [0, 0.1) is 17.2 Å². The van der Waals surface area contributed by atoms with Crippen molar-refractivity contribution in [1.82, 2.24) is 10.2 Å².